The molecule has 0 unspecified atom stereocenters. The van der Waals surface area contributed by atoms with Gasteiger partial charge in [-0.1, -0.05) is 30.3 Å². The Morgan fingerprint density at radius 3 is 2.93 bits per heavy atom. The molecule has 1 amide bonds. The number of hydrogen-bond acceptors (Lipinski definition) is 3. The normalized spacial score (nSPS) is 14.8. The highest BCUT2D eigenvalue weighted by Crippen LogP contribution is 2.29. The number of H-pyrrole nitrogens is 1. The van der Waals surface area contributed by atoms with Crippen molar-refractivity contribution in [1.29, 1.82) is 0 Å². The molecule has 138 valence electrons. The van der Waals surface area contributed by atoms with Gasteiger partial charge < -0.3 is 15.0 Å². The van der Waals surface area contributed by atoms with Crippen molar-refractivity contribution in [2.24, 2.45) is 0 Å². The van der Waals surface area contributed by atoms with Gasteiger partial charge in [-0.25, -0.2) is 0 Å². The summed E-state index contributed by atoms with van der Waals surface area (Å²) in [5.74, 6) is 0.726. The van der Waals surface area contributed by atoms with Gasteiger partial charge in [0.1, 0.15) is 5.75 Å². The molecule has 2 N–H and O–H groups in total. The van der Waals surface area contributed by atoms with Crippen molar-refractivity contribution in [3.63, 3.8) is 0 Å². The Bertz CT molecular complexity index is 990. The van der Waals surface area contributed by atoms with E-state index in [2.05, 4.69) is 45.7 Å². The van der Waals surface area contributed by atoms with Gasteiger partial charge in [-0.15, -0.1) is 0 Å². The number of rotatable bonds is 5. The predicted molar refractivity (Wildman–Crippen MR) is 109 cm³/mol. The fraction of sp³-hybridized carbons (Fsp3) is 0.227. The van der Waals surface area contributed by atoms with Crippen LogP contribution in [0, 0.1) is 0 Å². The first kappa shape index (κ1) is 17.4. The molecule has 0 saturated carbocycles. The largest absolute Gasteiger partial charge is 0.497 e. The van der Waals surface area contributed by atoms with Gasteiger partial charge in [0, 0.05) is 47.5 Å². The van der Waals surface area contributed by atoms with Crippen molar-refractivity contribution < 1.29 is 9.53 Å². The van der Waals surface area contributed by atoms with Crippen LogP contribution in [0.5, 0.6) is 5.75 Å². The van der Waals surface area contributed by atoms with E-state index < -0.39 is 0 Å². The van der Waals surface area contributed by atoms with Crippen molar-refractivity contribution in [3.8, 4) is 5.75 Å². The number of methoxy groups -OCH3 is 1. The fourth-order valence-corrected chi connectivity index (χ4v) is 3.54. The van der Waals surface area contributed by atoms with Crippen molar-refractivity contribution in [2.45, 2.75) is 6.42 Å². The van der Waals surface area contributed by atoms with Crippen LogP contribution in [0.2, 0.25) is 0 Å². The van der Waals surface area contributed by atoms with Crippen LogP contribution < -0.4 is 10.1 Å². The van der Waals surface area contributed by atoms with Crippen LogP contribution in [-0.4, -0.2) is 42.5 Å². The lowest BCUT2D eigenvalue weighted by molar-refractivity contribution is -0.117. The Morgan fingerprint density at radius 1 is 1.22 bits per heavy atom. The van der Waals surface area contributed by atoms with Crippen LogP contribution in [0.25, 0.3) is 16.5 Å². The third-order valence-electron chi connectivity index (χ3n) is 4.95. The fourth-order valence-electron chi connectivity index (χ4n) is 3.54. The number of aromatic amines is 1. The molecule has 1 aromatic heterocycles. The Morgan fingerprint density at radius 2 is 2.11 bits per heavy atom. The number of aromatic nitrogens is 1. The lowest BCUT2D eigenvalue weighted by Gasteiger charge is -2.25. The number of nitrogens with one attached hydrogen (secondary N) is 2. The van der Waals surface area contributed by atoms with E-state index in [0.29, 0.717) is 6.54 Å². The first-order chi connectivity index (χ1) is 13.2. The predicted octanol–water partition coefficient (Wildman–Crippen LogP) is 3.90. The second-order valence-corrected chi connectivity index (χ2v) is 6.74. The van der Waals surface area contributed by atoms with E-state index in [-0.39, 0.29) is 5.91 Å². The van der Waals surface area contributed by atoms with E-state index in [4.69, 9.17) is 4.74 Å². The Labute approximate surface area is 158 Å². The van der Waals surface area contributed by atoms with Crippen LogP contribution in [0.1, 0.15) is 12.0 Å². The molecule has 0 atom stereocenters. The first-order valence-corrected chi connectivity index (χ1v) is 9.15. The number of carbonyl (C=O) groups is 1. The second-order valence-electron chi connectivity index (χ2n) is 6.74. The molecule has 0 radical (unpaired) electrons. The summed E-state index contributed by atoms with van der Waals surface area (Å²) in [5, 5.41) is 4.20. The Hall–Kier alpha value is -3.05. The Kier molecular flexibility index (Phi) is 4.94. The number of anilines is 1. The summed E-state index contributed by atoms with van der Waals surface area (Å²) in [5.41, 5.74) is 4.53. The van der Waals surface area contributed by atoms with E-state index in [1.807, 2.05) is 30.3 Å². The smallest absolute Gasteiger partial charge is 0.238 e. The molecule has 5 nitrogen and oxygen atoms in total. The van der Waals surface area contributed by atoms with Crippen LogP contribution in [-0.2, 0) is 4.79 Å². The molecule has 27 heavy (non-hydrogen) atoms. The average molecular weight is 361 g/mol. The molecule has 3 aromatic rings. The van der Waals surface area contributed by atoms with Gasteiger partial charge in [0.25, 0.3) is 0 Å². The molecule has 1 aliphatic rings. The molecular formula is C22H23N3O2. The maximum atomic E-state index is 12.3. The minimum Gasteiger partial charge on any atom is -0.497 e. The molecule has 0 spiro atoms. The zero-order valence-corrected chi connectivity index (χ0v) is 15.4. The summed E-state index contributed by atoms with van der Waals surface area (Å²) >= 11 is 0. The van der Waals surface area contributed by atoms with Gasteiger partial charge in [-0.05, 0) is 30.2 Å². The lowest BCUT2D eigenvalue weighted by Crippen LogP contribution is -2.36. The van der Waals surface area contributed by atoms with Gasteiger partial charge >= 0.3 is 0 Å². The van der Waals surface area contributed by atoms with Gasteiger partial charge in [-0.3, -0.25) is 9.69 Å². The summed E-state index contributed by atoms with van der Waals surface area (Å²) < 4.78 is 5.19. The van der Waals surface area contributed by atoms with Crippen molar-refractivity contribution in [1.82, 2.24) is 9.88 Å². The molecule has 5 heteroatoms. The third kappa shape index (κ3) is 3.88. The quantitative estimate of drug-likeness (QED) is 0.724. The van der Waals surface area contributed by atoms with Gasteiger partial charge in [0.05, 0.1) is 13.7 Å². The van der Waals surface area contributed by atoms with Crippen LogP contribution in [0.15, 0.2) is 60.8 Å². The van der Waals surface area contributed by atoms with E-state index >= 15 is 0 Å². The SMILES string of the molecule is COc1cccc(NC(=O)CN2CC=C(c3c[nH]c4ccccc34)CC2)c1. The minimum atomic E-state index is -0.00722. The molecule has 2 aromatic carbocycles. The summed E-state index contributed by atoms with van der Waals surface area (Å²) in [7, 11) is 1.62. The maximum absolute atomic E-state index is 12.3. The lowest BCUT2D eigenvalue weighted by atomic mass is 9.99. The highest BCUT2D eigenvalue weighted by Gasteiger charge is 2.17. The summed E-state index contributed by atoms with van der Waals surface area (Å²) in [6, 6.07) is 15.8. The molecule has 1 aliphatic heterocycles. The van der Waals surface area contributed by atoms with Crippen molar-refractivity contribution >= 4 is 28.1 Å². The number of ether oxygens (including phenoxy) is 1. The van der Waals surface area contributed by atoms with Crippen molar-refractivity contribution in [2.75, 3.05) is 32.1 Å². The number of amides is 1. The maximum Gasteiger partial charge on any atom is 0.238 e. The van der Waals surface area contributed by atoms with E-state index in [1.54, 1.807) is 7.11 Å². The number of para-hydroxylation sites is 1. The van der Waals surface area contributed by atoms with Crippen molar-refractivity contribution in [3.05, 3.63) is 66.4 Å². The zero-order chi connectivity index (χ0) is 18.6. The molecule has 4 rings (SSSR count). The molecule has 2 heterocycles. The number of carbonyl (C=O) groups excluding carboxylic acids is 1. The zero-order valence-electron chi connectivity index (χ0n) is 15.4. The summed E-state index contributed by atoms with van der Waals surface area (Å²) in [6.45, 7) is 2.03. The highest BCUT2D eigenvalue weighted by molar-refractivity contribution is 5.94. The van der Waals surface area contributed by atoms with Gasteiger partial charge in [0.15, 0.2) is 0 Å². The molecule has 0 fully saturated rings. The molecule has 0 aliphatic carbocycles. The molecule has 0 saturated heterocycles. The second kappa shape index (κ2) is 7.68. The highest BCUT2D eigenvalue weighted by atomic mass is 16.5. The minimum absolute atomic E-state index is 0.00722. The Balaban J connectivity index is 1.38. The van der Waals surface area contributed by atoms with Crippen LogP contribution >= 0.6 is 0 Å². The molecule has 0 bridgehead atoms. The topological polar surface area (TPSA) is 57.4 Å². The van der Waals surface area contributed by atoms with E-state index in [9.17, 15) is 4.79 Å². The van der Waals surface area contributed by atoms with Crippen LogP contribution in [0.4, 0.5) is 5.69 Å². The standard InChI is InChI=1S/C22H23N3O2/c1-27-18-6-4-5-17(13-18)24-22(26)15-25-11-9-16(10-12-25)20-14-23-21-8-3-2-7-19(20)21/h2-9,13-14,23H,10-12,15H2,1H3,(H,24,26). The number of benzene rings is 2. The number of fused-ring (bicyclic) bond motifs is 1. The van der Waals surface area contributed by atoms with Crippen LogP contribution in [0.3, 0.4) is 0 Å². The number of hydrogen-bond donors (Lipinski definition) is 2. The van der Waals surface area contributed by atoms with E-state index in [1.165, 1.54) is 16.5 Å². The monoisotopic (exact) mass is 361 g/mol. The van der Waals surface area contributed by atoms with E-state index in [0.717, 1.165) is 36.5 Å². The molecular weight excluding hydrogens is 338 g/mol. The first-order valence-electron chi connectivity index (χ1n) is 9.15. The van der Waals surface area contributed by atoms with Gasteiger partial charge in [0.2, 0.25) is 5.91 Å². The summed E-state index contributed by atoms with van der Waals surface area (Å²) in [4.78, 5) is 17.8. The van der Waals surface area contributed by atoms with Gasteiger partial charge in [-0.2, -0.15) is 0 Å². The summed E-state index contributed by atoms with van der Waals surface area (Å²) in [6.07, 6.45) is 5.26. The third-order valence-corrected chi connectivity index (χ3v) is 4.95. The average Bonchev–Trinajstić information content (AvgIpc) is 3.13. The number of nitrogens with zero attached hydrogens (tertiary/aromatic N) is 1.